The molecule has 0 radical (unpaired) electrons. The molecule has 1 aromatic heterocycles. The van der Waals surface area contributed by atoms with Gasteiger partial charge in [0.05, 0.1) is 0 Å². The monoisotopic (exact) mass is 277 g/mol. The van der Waals surface area contributed by atoms with Crippen LogP contribution in [-0.4, -0.2) is 4.57 Å². The zero-order chi connectivity index (χ0) is 13.9. The Balaban J connectivity index is 1.50. The van der Waals surface area contributed by atoms with Crippen LogP contribution in [0.1, 0.15) is 44.1 Å². The van der Waals surface area contributed by atoms with E-state index in [1.807, 2.05) is 0 Å². The summed E-state index contributed by atoms with van der Waals surface area (Å²) < 4.78 is 2.20. The molecule has 6 rings (SSSR count). The van der Waals surface area contributed by atoms with Crippen LogP contribution < -0.4 is 0 Å². The van der Waals surface area contributed by atoms with Crippen LogP contribution in [0, 0.1) is 17.8 Å². The highest BCUT2D eigenvalue weighted by atomic mass is 14.9. The Morgan fingerprint density at radius 2 is 1.29 bits per heavy atom. The van der Waals surface area contributed by atoms with Crippen molar-refractivity contribution in [2.75, 3.05) is 0 Å². The number of hydrogen-bond acceptors (Lipinski definition) is 0. The summed E-state index contributed by atoms with van der Waals surface area (Å²) in [6.45, 7) is 0. The standard InChI is InChI=1S/C20H23N/c1-2-8-21(7-1)19-5-3-18(4-6-19)20-12-15-9-16(13-20)11-17(10-15)14-20/h1-8,15-17H,9-14H2. The van der Waals surface area contributed by atoms with Crippen molar-refractivity contribution in [1.82, 2.24) is 4.57 Å². The molecule has 0 aliphatic heterocycles. The fraction of sp³-hybridized carbons (Fsp3) is 0.500. The fourth-order valence-electron chi connectivity index (χ4n) is 5.96. The topological polar surface area (TPSA) is 4.93 Å². The van der Waals surface area contributed by atoms with E-state index in [4.69, 9.17) is 0 Å². The quantitative estimate of drug-likeness (QED) is 0.732. The van der Waals surface area contributed by atoms with E-state index in [9.17, 15) is 0 Å². The third-order valence-electron chi connectivity index (χ3n) is 6.42. The first kappa shape index (κ1) is 12.1. The summed E-state index contributed by atoms with van der Waals surface area (Å²) >= 11 is 0. The molecular weight excluding hydrogens is 254 g/mol. The maximum atomic E-state index is 2.42. The van der Waals surface area contributed by atoms with Crippen molar-refractivity contribution in [3.63, 3.8) is 0 Å². The minimum Gasteiger partial charge on any atom is -0.324 e. The van der Waals surface area contributed by atoms with Gasteiger partial charge in [0.1, 0.15) is 0 Å². The molecule has 0 atom stereocenters. The molecule has 4 aliphatic rings. The van der Waals surface area contributed by atoms with Crippen LogP contribution in [0.5, 0.6) is 0 Å². The molecule has 4 fully saturated rings. The second kappa shape index (κ2) is 4.25. The summed E-state index contributed by atoms with van der Waals surface area (Å²) in [6.07, 6.45) is 13.2. The van der Waals surface area contributed by atoms with Crippen LogP contribution in [0.25, 0.3) is 5.69 Å². The van der Waals surface area contributed by atoms with Crippen molar-refractivity contribution < 1.29 is 0 Å². The molecule has 4 aliphatic carbocycles. The summed E-state index contributed by atoms with van der Waals surface area (Å²) in [5.41, 5.74) is 3.44. The second-order valence-corrected chi connectivity index (χ2v) is 7.84. The lowest BCUT2D eigenvalue weighted by atomic mass is 9.48. The molecule has 1 aromatic carbocycles. The third-order valence-corrected chi connectivity index (χ3v) is 6.42. The normalized spacial score (nSPS) is 37.0. The van der Waals surface area contributed by atoms with Gasteiger partial charge in [0, 0.05) is 18.1 Å². The molecule has 1 nitrogen and oxygen atoms in total. The molecule has 108 valence electrons. The summed E-state index contributed by atoms with van der Waals surface area (Å²) in [4.78, 5) is 0. The van der Waals surface area contributed by atoms with Gasteiger partial charge in [0.2, 0.25) is 0 Å². The molecule has 0 saturated heterocycles. The molecule has 4 saturated carbocycles. The van der Waals surface area contributed by atoms with Crippen molar-refractivity contribution in [2.24, 2.45) is 17.8 Å². The van der Waals surface area contributed by atoms with Gasteiger partial charge in [0.15, 0.2) is 0 Å². The van der Waals surface area contributed by atoms with E-state index in [2.05, 4.69) is 53.4 Å². The molecule has 1 heteroatoms. The van der Waals surface area contributed by atoms with Crippen LogP contribution in [0.4, 0.5) is 0 Å². The first-order chi connectivity index (χ1) is 10.3. The lowest BCUT2D eigenvalue weighted by Gasteiger charge is -2.57. The smallest absolute Gasteiger partial charge is 0.0449 e. The maximum absolute atomic E-state index is 2.42. The van der Waals surface area contributed by atoms with E-state index in [1.165, 1.54) is 44.2 Å². The summed E-state index contributed by atoms with van der Waals surface area (Å²) in [7, 11) is 0. The van der Waals surface area contributed by atoms with Crippen molar-refractivity contribution in [3.8, 4) is 5.69 Å². The summed E-state index contributed by atoms with van der Waals surface area (Å²) in [5, 5.41) is 0. The van der Waals surface area contributed by atoms with Crippen LogP contribution in [0.2, 0.25) is 0 Å². The molecule has 0 N–H and O–H groups in total. The van der Waals surface area contributed by atoms with Gasteiger partial charge in [-0.25, -0.2) is 0 Å². The summed E-state index contributed by atoms with van der Waals surface area (Å²) in [5.74, 6) is 3.08. The Morgan fingerprint density at radius 3 is 1.81 bits per heavy atom. The SMILES string of the molecule is c1ccn(-c2ccc(C34CC5CC(CC(C5)C3)C4)cc2)c1. The molecule has 4 bridgehead atoms. The zero-order valence-corrected chi connectivity index (χ0v) is 12.5. The van der Waals surface area contributed by atoms with E-state index in [-0.39, 0.29) is 0 Å². The van der Waals surface area contributed by atoms with Crippen LogP contribution in [0.3, 0.4) is 0 Å². The van der Waals surface area contributed by atoms with E-state index in [0.29, 0.717) is 5.41 Å². The third kappa shape index (κ3) is 1.83. The summed E-state index contributed by atoms with van der Waals surface area (Å²) in [6, 6.07) is 13.6. The van der Waals surface area contributed by atoms with Crippen molar-refractivity contribution in [2.45, 2.75) is 43.9 Å². The van der Waals surface area contributed by atoms with E-state index in [1.54, 1.807) is 5.56 Å². The average molecular weight is 277 g/mol. The molecule has 0 spiro atoms. The van der Waals surface area contributed by atoms with Crippen molar-refractivity contribution >= 4 is 0 Å². The molecular formula is C20H23N. The van der Waals surface area contributed by atoms with Gasteiger partial charge >= 0.3 is 0 Å². The molecule has 0 unspecified atom stereocenters. The number of nitrogens with zero attached hydrogens (tertiary/aromatic N) is 1. The van der Waals surface area contributed by atoms with Gasteiger partial charge in [0.25, 0.3) is 0 Å². The Hall–Kier alpha value is -1.50. The van der Waals surface area contributed by atoms with Crippen LogP contribution in [0.15, 0.2) is 48.8 Å². The van der Waals surface area contributed by atoms with E-state index >= 15 is 0 Å². The first-order valence-corrected chi connectivity index (χ1v) is 8.55. The number of benzene rings is 1. The lowest BCUT2D eigenvalue weighted by molar-refractivity contribution is -0.00518. The second-order valence-electron chi connectivity index (χ2n) is 7.84. The Labute approximate surface area is 127 Å². The first-order valence-electron chi connectivity index (χ1n) is 8.55. The Bertz CT molecular complexity index is 600. The van der Waals surface area contributed by atoms with Gasteiger partial charge < -0.3 is 4.57 Å². The fourth-order valence-corrected chi connectivity index (χ4v) is 5.96. The van der Waals surface area contributed by atoms with Gasteiger partial charge in [-0.1, -0.05) is 12.1 Å². The minimum atomic E-state index is 0.532. The molecule has 2 aromatic rings. The van der Waals surface area contributed by atoms with Gasteiger partial charge in [-0.2, -0.15) is 0 Å². The largest absolute Gasteiger partial charge is 0.324 e. The highest BCUT2D eigenvalue weighted by Crippen LogP contribution is 2.60. The zero-order valence-electron chi connectivity index (χ0n) is 12.5. The van der Waals surface area contributed by atoms with Crippen LogP contribution in [-0.2, 0) is 5.41 Å². The van der Waals surface area contributed by atoms with E-state index < -0.39 is 0 Å². The predicted octanol–water partition coefficient (Wildman–Crippen LogP) is 4.95. The minimum absolute atomic E-state index is 0.532. The molecule has 0 amide bonds. The van der Waals surface area contributed by atoms with E-state index in [0.717, 1.165) is 17.8 Å². The highest BCUT2D eigenvalue weighted by Gasteiger charge is 2.51. The van der Waals surface area contributed by atoms with Gasteiger partial charge in [-0.05, 0) is 91.5 Å². The van der Waals surface area contributed by atoms with Crippen molar-refractivity contribution in [3.05, 3.63) is 54.4 Å². The maximum Gasteiger partial charge on any atom is 0.0449 e. The Morgan fingerprint density at radius 1 is 0.762 bits per heavy atom. The number of aromatic nitrogens is 1. The van der Waals surface area contributed by atoms with Gasteiger partial charge in [-0.15, -0.1) is 0 Å². The lowest BCUT2D eigenvalue weighted by Crippen LogP contribution is -2.48. The van der Waals surface area contributed by atoms with Crippen molar-refractivity contribution in [1.29, 1.82) is 0 Å². The van der Waals surface area contributed by atoms with Gasteiger partial charge in [-0.3, -0.25) is 0 Å². The van der Waals surface area contributed by atoms with Crippen LogP contribution >= 0.6 is 0 Å². The predicted molar refractivity (Wildman–Crippen MR) is 85.6 cm³/mol. The number of rotatable bonds is 2. The Kier molecular flexibility index (Phi) is 2.45. The molecule has 21 heavy (non-hydrogen) atoms. The highest BCUT2D eigenvalue weighted by molar-refractivity contribution is 5.39. The molecule has 1 heterocycles. The average Bonchev–Trinajstić information content (AvgIpc) is 3.00. The number of hydrogen-bond donors (Lipinski definition) is 0.